The van der Waals surface area contributed by atoms with Crippen LogP contribution in [0, 0.1) is 11.5 Å². The van der Waals surface area contributed by atoms with Gasteiger partial charge in [-0.05, 0) is 31.0 Å². The van der Waals surface area contributed by atoms with Crippen molar-refractivity contribution in [3.63, 3.8) is 0 Å². The molecule has 5 heteroatoms. The van der Waals surface area contributed by atoms with Crippen molar-refractivity contribution < 1.29 is 4.74 Å². The Labute approximate surface area is 129 Å². The predicted octanol–water partition coefficient (Wildman–Crippen LogP) is 3.90. The quantitative estimate of drug-likeness (QED) is 0.600. The van der Waals surface area contributed by atoms with Gasteiger partial charge in [0.05, 0.1) is 17.9 Å². The summed E-state index contributed by atoms with van der Waals surface area (Å²) in [5, 5.41) is 12.3. The first-order valence-corrected chi connectivity index (χ1v) is 7.79. The predicted molar refractivity (Wildman–Crippen MR) is 85.2 cm³/mol. The van der Waals surface area contributed by atoms with E-state index >= 15 is 0 Å². The molecule has 1 heterocycles. The number of methoxy groups -OCH3 is 1. The van der Waals surface area contributed by atoms with E-state index in [1.54, 1.807) is 23.3 Å². The summed E-state index contributed by atoms with van der Waals surface area (Å²) in [4.78, 5) is 6.20. The summed E-state index contributed by atoms with van der Waals surface area (Å²) in [6.45, 7) is 4.56. The molecule has 0 aliphatic carbocycles. The van der Waals surface area contributed by atoms with Crippen LogP contribution >= 0.6 is 11.3 Å². The minimum Gasteiger partial charge on any atom is -0.375 e. The van der Waals surface area contributed by atoms with Crippen LogP contribution in [-0.4, -0.2) is 12.1 Å². The van der Waals surface area contributed by atoms with Gasteiger partial charge in [0.2, 0.25) is 0 Å². The Balaban J connectivity index is 2.15. The van der Waals surface area contributed by atoms with Crippen molar-refractivity contribution in [2.24, 2.45) is 0 Å². The van der Waals surface area contributed by atoms with Gasteiger partial charge in [0, 0.05) is 12.5 Å². The maximum atomic E-state index is 9.39. The van der Waals surface area contributed by atoms with Gasteiger partial charge in [-0.3, -0.25) is 4.90 Å². The third-order valence-electron chi connectivity index (χ3n) is 3.34. The normalized spacial score (nSPS) is 11.9. The molecule has 0 radical (unpaired) electrons. The molecule has 4 nitrogen and oxygen atoms in total. The lowest BCUT2D eigenvalue weighted by molar-refractivity contribution is 0.119. The number of benzene rings is 1. The van der Waals surface area contributed by atoms with E-state index in [4.69, 9.17) is 4.74 Å². The monoisotopic (exact) mass is 301 g/mol. The molecule has 0 bridgehead atoms. The fraction of sp³-hybridized carbons (Fsp3) is 0.375. The maximum absolute atomic E-state index is 9.39. The highest BCUT2D eigenvalue weighted by molar-refractivity contribution is 7.09. The molecule has 1 atom stereocenters. The molecule has 2 aromatic rings. The minimum absolute atomic E-state index is 0.0114. The Hall–Kier alpha value is -1.90. The average Bonchev–Trinajstić information content (AvgIpc) is 3.00. The topological polar surface area (TPSA) is 49.2 Å². The fourth-order valence-electron chi connectivity index (χ4n) is 1.97. The second-order valence-electron chi connectivity index (χ2n) is 4.76. The van der Waals surface area contributed by atoms with E-state index < -0.39 is 0 Å². The van der Waals surface area contributed by atoms with E-state index in [0.717, 1.165) is 22.8 Å². The number of nitrogens with zero attached hydrogens (tertiary/aromatic N) is 3. The largest absolute Gasteiger partial charge is 0.375 e. The van der Waals surface area contributed by atoms with Crippen LogP contribution in [0.2, 0.25) is 0 Å². The number of aromatic nitrogens is 1. The number of hydrogen-bond donors (Lipinski definition) is 0. The SMILES string of the molecule is CCc1cccc(N(C#N)Cc2csc([C@H](C)OC)n2)c1. The second kappa shape index (κ2) is 7.21. The van der Waals surface area contributed by atoms with Crippen LogP contribution in [0.1, 0.15) is 36.2 Å². The van der Waals surface area contributed by atoms with Gasteiger partial charge in [-0.2, -0.15) is 5.26 Å². The molecule has 0 spiro atoms. The van der Waals surface area contributed by atoms with Crippen LogP contribution < -0.4 is 4.90 Å². The Bertz CT molecular complexity index is 632. The lowest BCUT2D eigenvalue weighted by Crippen LogP contribution is -2.16. The summed E-state index contributed by atoms with van der Waals surface area (Å²) in [5.74, 6) is 0. The van der Waals surface area contributed by atoms with E-state index in [1.807, 2.05) is 30.5 Å². The van der Waals surface area contributed by atoms with Crippen molar-refractivity contribution in [3.05, 3.63) is 45.9 Å². The molecule has 110 valence electrons. The summed E-state index contributed by atoms with van der Waals surface area (Å²) in [5.41, 5.74) is 3.02. The molecule has 0 N–H and O–H groups in total. The van der Waals surface area contributed by atoms with E-state index in [0.29, 0.717) is 6.54 Å². The number of ether oxygens (including phenoxy) is 1. The Morgan fingerprint density at radius 2 is 2.29 bits per heavy atom. The molecule has 2 rings (SSSR count). The highest BCUT2D eigenvalue weighted by Crippen LogP contribution is 2.23. The van der Waals surface area contributed by atoms with Crippen molar-refractivity contribution in [1.29, 1.82) is 5.26 Å². The zero-order valence-electron chi connectivity index (χ0n) is 12.5. The molecule has 0 unspecified atom stereocenters. The summed E-state index contributed by atoms with van der Waals surface area (Å²) in [6.07, 6.45) is 3.18. The molecule has 0 aliphatic rings. The van der Waals surface area contributed by atoms with Gasteiger partial charge in [-0.15, -0.1) is 11.3 Å². The molecule has 0 aliphatic heterocycles. The summed E-state index contributed by atoms with van der Waals surface area (Å²) in [7, 11) is 1.67. The standard InChI is InChI=1S/C16H19N3OS/c1-4-13-6-5-7-15(8-13)19(11-17)9-14-10-21-16(18-14)12(2)20-3/h5-8,10,12H,4,9H2,1-3H3/t12-/m0/s1. The fourth-order valence-corrected chi connectivity index (χ4v) is 2.82. The zero-order valence-corrected chi connectivity index (χ0v) is 13.4. The lowest BCUT2D eigenvalue weighted by atomic mass is 10.1. The minimum atomic E-state index is -0.0114. The molecule has 0 saturated heterocycles. The third kappa shape index (κ3) is 3.81. The molecule has 1 aromatic heterocycles. The van der Waals surface area contributed by atoms with E-state index in [1.165, 1.54) is 5.56 Å². The van der Waals surface area contributed by atoms with Crippen LogP contribution in [0.25, 0.3) is 0 Å². The van der Waals surface area contributed by atoms with Gasteiger partial charge in [0.15, 0.2) is 6.19 Å². The van der Waals surface area contributed by atoms with Crippen LogP contribution in [0.3, 0.4) is 0 Å². The first-order valence-electron chi connectivity index (χ1n) is 6.91. The van der Waals surface area contributed by atoms with Crippen molar-refractivity contribution in [2.75, 3.05) is 12.0 Å². The van der Waals surface area contributed by atoms with Gasteiger partial charge in [-0.1, -0.05) is 19.1 Å². The van der Waals surface area contributed by atoms with Gasteiger partial charge >= 0.3 is 0 Å². The van der Waals surface area contributed by atoms with E-state index in [-0.39, 0.29) is 6.10 Å². The molecule has 21 heavy (non-hydrogen) atoms. The highest BCUT2D eigenvalue weighted by atomic mass is 32.1. The molecule has 0 saturated carbocycles. The van der Waals surface area contributed by atoms with Gasteiger partial charge in [0.1, 0.15) is 11.1 Å². The van der Waals surface area contributed by atoms with Crippen molar-refractivity contribution in [1.82, 2.24) is 4.98 Å². The van der Waals surface area contributed by atoms with Crippen LogP contribution in [0.15, 0.2) is 29.6 Å². The number of aryl methyl sites for hydroxylation is 1. The summed E-state index contributed by atoms with van der Waals surface area (Å²) < 4.78 is 5.27. The van der Waals surface area contributed by atoms with Crippen LogP contribution in [0.4, 0.5) is 5.69 Å². The number of rotatable bonds is 6. The Kier molecular flexibility index (Phi) is 5.32. The molecule has 0 fully saturated rings. The molecule has 1 aromatic carbocycles. The Morgan fingerprint density at radius 1 is 1.48 bits per heavy atom. The molecule has 0 amide bonds. The van der Waals surface area contributed by atoms with Crippen LogP contribution in [-0.2, 0) is 17.7 Å². The van der Waals surface area contributed by atoms with Crippen molar-refractivity contribution in [3.8, 4) is 6.19 Å². The molecular weight excluding hydrogens is 282 g/mol. The van der Waals surface area contributed by atoms with Gasteiger partial charge in [0.25, 0.3) is 0 Å². The highest BCUT2D eigenvalue weighted by Gasteiger charge is 2.13. The van der Waals surface area contributed by atoms with Crippen LogP contribution in [0.5, 0.6) is 0 Å². The summed E-state index contributed by atoms with van der Waals surface area (Å²) >= 11 is 1.57. The smallest absolute Gasteiger partial charge is 0.184 e. The zero-order chi connectivity index (χ0) is 15.2. The average molecular weight is 301 g/mol. The number of hydrogen-bond acceptors (Lipinski definition) is 5. The third-order valence-corrected chi connectivity index (χ3v) is 4.40. The Morgan fingerprint density at radius 3 is 2.95 bits per heavy atom. The van der Waals surface area contributed by atoms with Crippen molar-refractivity contribution in [2.45, 2.75) is 32.9 Å². The maximum Gasteiger partial charge on any atom is 0.184 e. The van der Waals surface area contributed by atoms with E-state index in [2.05, 4.69) is 24.2 Å². The number of nitriles is 1. The first-order chi connectivity index (χ1) is 10.2. The van der Waals surface area contributed by atoms with Gasteiger partial charge in [-0.25, -0.2) is 4.98 Å². The van der Waals surface area contributed by atoms with E-state index in [9.17, 15) is 5.26 Å². The summed E-state index contributed by atoms with van der Waals surface area (Å²) in [6, 6.07) is 8.06. The second-order valence-corrected chi connectivity index (χ2v) is 5.65. The van der Waals surface area contributed by atoms with Crippen molar-refractivity contribution >= 4 is 17.0 Å². The number of anilines is 1. The lowest BCUT2D eigenvalue weighted by Gasteiger charge is -2.15. The van der Waals surface area contributed by atoms with Gasteiger partial charge < -0.3 is 4.74 Å². The first kappa shape index (κ1) is 15.5. The molecular formula is C16H19N3OS. The number of thiazole rings is 1.